The zero-order valence-corrected chi connectivity index (χ0v) is 20.5. The Morgan fingerprint density at radius 3 is 2.34 bits per heavy atom. The minimum atomic E-state index is -3.91. The summed E-state index contributed by atoms with van der Waals surface area (Å²) in [6.07, 6.45) is 0.183. The van der Waals surface area contributed by atoms with E-state index in [0.29, 0.717) is 35.6 Å². The molecule has 0 aliphatic rings. The average molecular weight is 497 g/mol. The summed E-state index contributed by atoms with van der Waals surface area (Å²) in [5.74, 6) is 0.253. The first-order valence-corrected chi connectivity index (χ1v) is 12.4. The Kier molecular flexibility index (Phi) is 8.32. The number of aryl methyl sites for hydroxylation is 2. The second kappa shape index (κ2) is 11.4. The van der Waals surface area contributed by atoms with Gasteiger partial charge in [0, 0.05) is 11.4 Å². The normalized spacial score (nSPS) is 11.7. The van der Waals surface area contributed by atoms with Crippen LogP contribution in [0.25, 0.3) is 0 Å². The van der Waals surface area contributed by atoms with Crippen LogP contribution in [0.5, 0.6) is 5.75 Å². The molecular weight excluding hydrogens is 468 g/mol. The van der Waals surface area contributed by atoms with Crippen LogP contribution in [0.15, 0.2) is 71.6 Å². The number of hydrogen-bond acceptors (Lipinski definition) is 6. The molecule has 0 heterocycles. The molecule has 0 saturated carbocycles. The highest BCUT2D eigenvalue weighted by atomic mass is 32.2. The van der Waals surface area contributed by atoms with Crippen molar-refractivity contribution in [3.05, 3.63) is 77.9 Å². The molecule has 10 heteroatoms. The number of hydrogen-bond donors (Lipinski definition) is 4. The van der Waals surface area contributed by atoms with Crippen molar-refractivity contribution in [3.8, 4) is 5.75 Å². The van der Waals surface area contributed by atoms with Gasteiger partial charge in [-0.2, -0.15) is 0 Å². The predicted molar refractivity (Wildman–Crippen MR) is 136 cm³/mol. The maximum atomic E-state index is 12.9. The van der Waals surface area contributed by atoms with Gasteiger partial charge in [-0.05, 0) is 74.4 Å². The summed E-state index contributed by atoms with van der Waals surface area (Å²) in [6.45, 7) is 5.74. The van der Waals surface area contributed by atoms with Crippen LogP contribution in [0.4, 0.5) is 17.1 Å². The molecule has 0 radical (unpaired) electrons. The molecule has 35 heavy (non-hydrogen) atoms. The fourth-order valence-electron chi connectivity index (χ4n) is 3.32. The number of rotatable bonds is 11. The third kappa shape index (κ3) is 6.97. The lowest BCUT2D eigenvalue weighted by molar-refractivity contribution is -0.122. The van der Waals surface area contributed by atoms with Crippen LogP contribution in [0.1, 0.15) is 24.5 Å². The van der Waals surface area contributed by atoms with Crippen molar-refractivity contribution in [2.24, 2.45) is 0 Å². The van der Waals surface area contributed by atoms with Crippen LogP contribution < -0.4 is 25.6 Å². The van der Waals surface area contributed by atoms with Crippen LogP contribution >= 0.6 is 0 Å². The lowest BCUT2D eigenvalue weighted by Gasteiger charge is -2.19. The van der Waals surface area contributed by atoms with E-state index >= 15 is 0 Å². The van der Waals surface area contributed by atoms with E-state index in [0.717, 1.165) is 11.1 Å². The Morgan fingerprint density at radius 1 is 0.971 bits per heavy atom. The van der Waals surface area contributed by atoms with Crippen molar-refractivity contribution in [1.29, 1.82) is 0 Å². The summed E-state index contributed by atoms with van der Waals surface area (Å²) >= 11 is 0. The van der Waals surface area contributed by atoms with Crippen molar-refractivity contribution in [2.45, 2.75) is 38.2 Å². The third-order valence-corrected chi connectivity index (χ3v) is 6.47. The van der Waals surface area contributed by atoms with Gasteiger partial charge < -0.3 is 10.1 Å². The fourth-order valence-corrected chi connectivity index (χ4v) is 4.42. The van der Waals surface area contributed by atoms with E-state index < -0.39 is 16.1 Å². The Balaban J connectivity index is 1.70. The second-order valence-corrected chi connectivity index (χ2v) is 9.55. The third-order valence-electron chi connectivity index (χ3n) is 5.09. The molecular formula is C25H28N4O5S. The molecule has 0 bridgehead atoms. The minimum absolute atomic E-state index is 0.0107. The highest BCUT2D eigenvalue weighted by Gasteiger charge is 2.21. The Bertz CT molecular complexity index is 1290. The monoisotopic (exact) mass is 496 g/mol. The molecule has 184 valence electrons. The van der Waals surface area contributed by atoms with Gasteiger partial charge in [-0.25, -0.2) is 8.42 Å². The number of sulfonamides is 1. The first-order chi connectivity index (χ1) is 16.7. The standard InChI is InChI=1S/C25H28N4O5S/c1-4-23(34-24-13-8-17(2)14-18(24)3)25(31)27-21-6-5-7-22(15-21)35(32,33)29-20-11-9-19(10-12-20)28-26-16-30/h5-16,23,28-29H,4H2,1-3H3,(H,26,30)(H,27,31). The molecule has 1 unspecified atom stereocenters. The van der Waals surface area contributed by atoms with Gasteiger partial charge in [0.2, 0.25) is 6.41 Å². The Labute approximate surface area is 204 Å². The lowest BCUT2D eigenvalue weighted by Crippen LogP contribution is -2.32. The van der Waals surface area contributed by atoms with E-state index in [1.165, 1.54) is 12.1 Å². The van der Waals surface area contributed by atoms with E-state index in [4.69, 9.17) is 4.74 Å². The molecule has 0 fully saturated rings. The van der Waals surface area contributed by atoms with Gasteiger partial charge in [0.1, 0.15) is 5.75 Å². The molecule has 3 aromatic carbocycles. The first-order valence-electron chi connectivity index (χ1n) is 10.9. The number of carbonyl (C=O) groups is 2. The van der Waals surface area contributed by atoms with Gasteiger partial charge in [0.05, 0.1) is 10.6 Å². The maximum Gasteiger partial charge on any atom is 0.265 e. The SMILES string of the molecule is CCC(Oc1ccc(C)cc1C)C(=O)Nc1cccc(S(=O)(=O)Nc2ccc(NNC=O)cc2)c1. The van der Waals surface area contributed by atoms with Crippen molar-refractivity contribution < 1.29 is 22.7 Å². The van der Waals surface area contributed by atoms with Gasteiger partial charge in [-0.1, -0.05) is 30.7 Å². The van der Waals surface area contributed by atoms with Crippen LogP contribution in [0.3, 0.4) is 0 Å². The minimum Gasteiger partial charge on any atom is -0.480 e. The summed E-state index contributed by atoms with van der Waals surface area (Å²) in [4.78, 5) is 23.2. The molecule has 9 nitrogen and oxygen atoms in total. The summed E-state index contributed by atoms with van der Waals surface area (Å²) < 4.78 is 34.2. The van der Waals surface area contributed by atoms with Crippen LogP contribution in [-0.4, -0.2) is 26.8 Å². The number of carbonyl (C=O) groups excluding carboxylic acids is 2. The van der Waals surface area contributed by atoms with Gasteiger partial charge >= 0.3 is 0 Å². The van der Waals surface area contributed by atoms with Crippen molar-refractivity contribution in [3.63, 3.8) is 0 Å². The van der Waals surface area contributed by atoms with Crippen molar-refractivity contribution in [1.82, 2.24) is 5.43 Å². The molecule has 1 atom stereocenters. The largest absolute Gasteiger partial charge is 0.480 e. The van der Waals surface area contributed by atoms with Crippen LogP contribution in [0.2, 0.25) is 0 Å². The fraction of sp³-hybridized carbons (Fsp3) is 0.200. The topological polar surface area (TPSA) is 126 Å². The molecule has 0 saturated heterocycles. The summed E-state index contributed by atoms with van der Waals surface area (Å²) in [6, 6.07) is 18.0. The molecule has 4 N–H and O–H groups in total. The van der Waals surface area contributed by atoms with Crippen LogP contribution in [0, 0.1) is 13.8 Å². The van der Waals surface area contributed by atoms with Crippen LogP contribution in [-0.2, 0) is 19.6 Å². The van der Waals surface area contributed by atoms with E-state index in [-0.39, 0.29) is 10.8 Å². The summed E-state index contributed by atoms with van der Waals surface area (Å²) in [5, 5.41) is 2.75. The first kappa shape index (κ1) is 25.6. The number of ether oxygens (including phenoxy) is 1. The Morgan fingerprint density at radius 2 is 1.69 bits per heavy atom. The molecule has 3 aromatic rings. The number of benzene rings is 3. The smallest absolute Gasteiger partial charge is 0.265 e. The Hall–Kier alpha value is -4.05. The summed E-state index contributed by atoms with van der Waals surface area (Å²) in [7, 11) is -3.91. The van der Waals surface area contributed by atoms with E-state index in [1.807, 2.05) is 39.0 Å². The zero-order valence-electron chi connectivity index (χ0n) is 19.7. The highest BCUT2D eigenvalue weighted by molar-refractivity contribution is 7.92. The van der Waals surface area contributed by atoms with E-state index in [2.05, 4.69) is 20.9 Å². The van der Waals surface area contributed by atoms with Gasteiger partial charge in [0.15, 0.2) is 6.10 Å². The molecule has 2 amide bonds. The second-order valence-electron chi connectivity index (χ2n) is 7.87. The molecule has 0 aliphatic heterocycles. The maximum absolute atomic E-state index is 12.9. The molecule has 0 spiro atoms. The zero-order chi connectivity index (χ0) is 25.4. The average Bonchev–Trinajstić information content (AvgIpc) is 2.83. The summed E-state index contributed by atoms with van der Waals surface area (Å²) in [5.41, 5.74) is 8.21. The van der Waals surface area contributed by atoms with Gasteiger partial charge in [-0.3, -0.25) is 25.2 Å². The molecule has 0 aliphatic carbocycles. The van der Waals surface area contributed by atoms with E-state index in [9.17, 15) is 18.0 Å². The van der Waals surface area contributed by atoms with Crippen molar-refractivity contribution >= 4 is 39.4 Å². The highest BCUT2D eigenvalue weighted by Crippen LogP contribution is 2.23. The van der Waals surface area contributed by atoms with Crippen molar-refractivity contribution in [2.75, 3.05) is 15.5 Å². The predicted octanol–water partition coefficient (Wildman–Crippen LogP) is 3.97. The van der Waals surface area contributed by atoms with Gasteiger partial charge in [0.25, 0.3) is 15.9 Å². The molecule has 0 aromatic heterocycles. The van der Waals surface area contributed by atoms with E-state index in [1.54, 1.807) is 36.4 Å². The quantitative estimate of drug-likeness (QED) is 0.235. The number of anilines is 3. The molecule has 3 rings (SSSR count). The number of nitrogens with one attached hydrogen (secondary N) is 4. The lowest BCUT2D eigenvalue weighted by atomic mass is 10.1. The number of amides is 2. The van der Waals surface area contributed by atoms with Gasteiger partial charge in [-0.15, -0.1) is 0 Å². The number of hydrazine groups is 1.